The van der Waals surface area contributed by atoms with Crippen molar-refractivity contribution in [1.29, 1.82) is 0 Å². The van der Waals surface area contributed by atoms with Crippen LogP contribution in [0.3, 0.4) is 0 Å². The first kappa shape index (κ1) is 16.0. The summed E-state index contributed by atoms with van der Waals surface area (Å²) in [5.74, 6) is 0. The summed E-state index contributed by atoms with van der Waals surface area (Å²) in [4.78, 5) is 2.65. The maximum absolute atomic E-state index is 3.56. The Hall–Kier alpha value is -0.0800. The minimum absolute atomic E-state index is 0.682. The van der Waals surface area contributed by atoms with Gasteiger partial charge in [0, 0.05) is 12.6 Å². The lowest BCUT2D eigenvalue weighted by atomic mass is 10.1. The second-order valence-corrected chi connectivity index (χ2v) is 5.98. The van der Waals surface area contributed by atoms with Crippen molar-refractivity contribution in [2.45, 2.75) is 77.7 Å². The summed E-state index contributed by atoms with van der Waals surface area (Å²) in [6.07, 6.45) is 12.8. The van der Waals surface area contributed by atoms with Gasteiger partial charge in [0.2, 0.25) is 0 Å². The van der Waals surface area contributed by atoms with Gasteiger partial charge in [-0.1, -0.05) is 51.9 Å². The highest BCUT2D eigenvalue weighted by Crippen LogP contribution is 2.09. The van der Waals surface area contributed by atoms with Crippen LogP contribution in [0.25, 0.3) is 0 Å². The van der Waals surface area contributed by atoms with Crippen LogP contribution in [0.4, 0.5) is 0 Å². The van der Waals surface area contributed by atoms with E-state index in [1.807, 2.05) is 0 Å². The second kappa shape index (κ2) is 10.8. The maximum atomic E-state index is 3.56. The summed E-state index contributed by atoms with van der Waals surface area (Å²) in [6, 6.07) is 0.682. The third kappa shape index (κ3) is 8.10. The van der Waals surface area contributed by atoms with E-state index >= 15 is 0 Å². The van der Waals surface area contributed by atoms with Crippen LogP contribution in [-0.4, -0.2) is 37.1 Å². The van der Waals surface area contributed by atoms with Crippen molar-refractivity contribution in [3.63, 3.8) is 0 Å². The summed E-state index contributed by atoms with van der Waals surface area (Å²) in [5, 5.41) is 3.56. The van der Waals surface area contributed by atoms with E-state index in [0.717, 1.165) is 0 Å². The minimum Gasteiger partial charge on any atom is -0.313 e. The van der Waals surface area contributed by atoms with E-state index < -0.39 is 0 Å². The van der Waals surface area contributed by atoms with Crippen molar-refractivity contribution in [2.75, 3.05) is 26.2 Å². The standard InChI is InChI=1S/C16H34N2/c1-3-4-5-6-7-8-9-10-13-18-14-11-12-17-16(2)15-18/h16-17H,3-15H2,1-2H3. The van der Waals surface area contributed by atoms with Gasteiger partial charge < -0.3 is 10.2 Å². The molecule has 1 saturated heterocycles. The van der Waals surface area contributed by atoms with E-state index in [-0.39, 0.29) is 0 Å². The van der Waals surface area contributed by atoms with E-state index in [0.29, 0.717) is 6.04 Å². The lowest BCUT2D eigenvalue weighted by Gasteiger charge is -2.22. The molecule has 0 amide bonds. The Bertz CT molecular complexity index is 182. The Morgan fingerprint density at radius 1 is 1.00 bits per heavy atom. The van der Waals surface area contributed by atoms with Gasteiger partial charge >= 0.3 is 0 Å². The molecule has 1 aliphatic rings. The number of hydrogen-bond donors (Lipinski definition) is 1. The molecule has 1 N–H and O–H groups in total. The lowest BCUT2D eigenvalue weighted by molar-refractivity contribution is 0.266. The van der Waals surface area contributed by atoms with Crippen molar-refractivity contribution in [3.05, 3.63) is 0 Å². The van der Waals surface area contributed by atoms with Crippen LogP contribution < -0.4 is 5.32 Å². The highest BCUT2D eigenvalue weighted by Gasteiger charge is 2.12. The number of unbranched alkanes of at least 4 members (excludes halogenated alkanes) is 7. The molecule has 0 aromatic rings. The summed E-state index contributed by atoms with van der Waals surface area (Å²) in [7, 11) is 0. The molecule has 1 atom stereocenters. The first-order valence-electron chi connectivity index (χ1n) is 8.28. The maximum Gasteiger partial charge on any atom is 0.0166 e. The summed E-state index contributed by atoms with van der Waals surface area (Å²) in [5.41, 5.74) is 0. The molecule has 1 heterocycles. The minimum atomic E-state index is 0.682. The van der Waals surface area contributed by atoms with Crippen LogP contribution in [0.15, 0.2) is 0 Å². The Kier molecular flexibility index (Phi) is 9.59. The molecule has 1 aliphatic heterocycles. The molecule has 1 fully saturated rings. The summed E-state index contributed by atoms with van der Waals surface area (Å²) in [6.45, 7) is 9.67. The van der Waals surface area contributed by atoms with E-state index in [1.54, 1.807) is 0 Å². The molecule has 2 nitrogen and oxygen atoms in total. The van der Waals surface area contributed by atoms with Crippen LogP contribution in [-0.2, 0) is 0 Å². The van der Waals surface area contributed by atoms with E-state index in [1.165, 1.54) is 84.0 Å². The van der Waals surface area contributed by atoms with Crippen LogP contribution in [0.5, 0.6) is 0 Å². The molecule has 0 aromatic heterocycles. The number of hydrogen-bond acceptors (Lipinski definition) is 2. The molecular formula is C16H34N2. The molecule has 0 spiro atoms. The zero-order chi connectivity index (χ0) is 13.1. The number of nitrogens with one attached hydrogen (secondary N) is 1. The van der Waals surface area contributed by atoms with E-state index in [2.05, 4.69) is 24.1 Å². The van der Waals surface area contributed by atoms with Crippen LogP contribution in [0, 0.1) is 0 Å². The van der Waals surface area contributed by atoms with Crippen LogP contribution in [0.1, 0.15) is 71.6 Å². The molecule has 18 heavy (non-hydrogen) atoms. The average Bonchev–Trinajstić information content (AvgIpc) is 2.57. The SMILES string of the molecule is CCCCCCCCCCN1CCCNC(C)C1. The predicted molar refractivity (Wildman–Crippen MR) is 81.1 cm³/mol. The number of nitrogens with zero attached hydrogens (tertiary/aromatic N) is 1. The molecule has 0 radical (unpaired) electrons. The number of rotatable bonds is 9. The lowest BCUT2D eigenvalue weighted by Crippen LogP contribution is -2.35. The van der Waals surface area contributed by atoms with E-state index in [9.17, 15) is 0 Å². The normalized spacial score (nSPS) is 22.0. The highest BCUT2D eigenvalue weighted by molar-refractivity contribution is 4.72. The zero-order valence-corrected chi connectivity index (χ0v) is 12.7. The molecule has 0 aromatic carbocycles. The summed E-state index contributed by atoms with van der Waals surface area (Å²) >= 11 is 0. The predicted octanol–water partition coefficient (Wildman–Crippen LogP) is 3.81. The first-order valence-corrected chi connectivity index (χ1v) is 8.28. The first-order chi connectivity index (χ1) is 8.83. The largest absolute Gasteiger partial charge is 0.313 e. The topological polar surface area (TPSA) is 15.3 Å². The third-order valence-corrected chi connectivity index (χ3v) is 4.00. The zero-order valence-electron chi connectivity index (χ0n) is 12.7. The van der Waals surface area contributed by atoms with Gasteiger partial charge in [0.05, 0.1) is 0 Å². The Labute approximate surface area is 115 Å². The van der Waals surface area contributed by atoms with Gasteiger partial charge in [0.1, 0.15) is 0 Å². The fourth-order valence-electron chi connectivity index (χ4n) is 2.87. The Balaban J connectivity index is 1.90. The van der Waals surface area contributed by atoms with E-state index in [4.69, 9.17) is 0 Å². The van der Waals surface area contributed by atoms with Gasteiger partial charge in [-0.05, 0) is 39.4 Å². The molecule has 108 valence electrons. The van der Waals surface area contributed by atoms with Gasteiger partial charge in [-0.2, -0.15) is 0 Å². The molecular weight excluding hydrogens is 220 g/mol. The molecule has 1 unspecified atom stereocenters. The Morgan fingerprint density at radius 2 is 1.67 bits per heavy atom. The van der Waals surface area contributed by atoms with Gasteiger partial charge in [0.15, 0.2) is 0 Å². The van der Waals surface area contributed by atoms with Gasteiger partial charge in [-0.25, -0.2) is 0 Å². The molecule has 0 bridgehead atoms. The fraction of sp³-hybridized carbons (Fsp3) is 1.00. The monoisotopic (exact) mass is 254 g/mol. The van der Waals surface area contributed by atoms with Gasteiger partial charge in [0.25, 0.3) is 0 Å². The van der Waals surface area contributed by atoms with Crippen molar-refractivity contribution in [1.82, 2.24) is 10.2 Å². The highest BCUT2D eigenvalue weighted by atomic mass is 15.2. The Morgan fingerprint density at radius 3 is 2.39 bits per heavy atom. The molecule has 0 aliphatic carbocycles. The fourth-order valence-corrected chi connectivity index (χ4v) is 2.87. The quantitative estimate of drug-likeness (QED) is 0.629. The second-order valence-electron chi connectivity index (χ2n) is 5.98. The third-order valence-electron chi connectivity index (χ3n) is 4.00. The molecule has 2 heteroatoms. The smallest absolute Gasteiger partial charge is 0.0166 e. The van der Waals surface area contributed by atoms with Crippen molar-refractivity contribution < 1.29 is 0 Å². The summed E-state index contributed by atoms with van der Waals surface area (Å²) < 4.78 is 0. The van der Waals surface area contributed by atoms with Crippen molar-refractivity contribution in [2.24, 2.45) is 0 Å². The van der Waals surface area contributed by atoms with Crippen LogP contribution in [0.2, 0.25) is 0 Å². The van der Waals surface area contributed by atoms with Crippen molar-refractivity contribution >= 4 is 0 Å². The van der Waals surface area contributed by atoms with Gasteiger partial charge in [-0.15, -0.1) is 0 Å². The van der Waals surface area contributed by atoms with Crippen molar-refractivity contribution in [3.8, 4) is 0 Å². The molecule has 1 rings (SSSR count). The average molecular weight is 254 g/mol. The van der Waals surface area contributed by atoms with Crippen LogP contribution >= 0.6 is 0 Å². The molecule has 0 saturated carbocycles. The van der Waals surface area contributed by atoms with Gasteiger partial charge in [-0.3, -0.25) is 0 Å².